The zero-order valence-electron chi connectivity index (χ0n) is 9.66. The molecule has 0 bridgehead atoms. The molecule has 0 unspecified atom stereocenters. The second-order valence-corrected chi connectivity index (χ2v) is 4.94. The molecule has 1 aromatic rings. The van der Waals surface area contributed by atoms with Gasteiger partial charge in [0.2, 0.25) is 0 Å². The molecule has 0 spiro atoms. The fourth-order valence-electron chi connectivity index (χ4n) is 0.988. The van der Waals surface area contributed by atoms with E-state index in [1.165, 1.54) is 10.9 Å². The number of halogens is 1. The number of aromatic nitrogens is 2. The number of carbonyl (C=O) groups is 1. The van der Waals surface area contributed by atoms with Crippen molar-refractivity contribution in [1.29, 1.82) is 0 Å². The molecule has 4 nitrogen and oxygen atoms in total. The lowest BCUT2D eigenvalue weighted by Gasteiger charge is -2.19. The molecule has 0 fully saturated rings. The van der Waals surface area contributed by atoms with Crippen molar-refractivity contribution in [2.24, 2.45) is 0 Å². The van der Waals surface area contributed by atoms with Crippen molar-refractivity contribution in [2.75, 3.05) is 5.33 Å². The Morgan fingerprint density at radius 1 is 1.62 bits per heavy atom. The number of rotatable bonds is 2. The number of nitrogens with zero attached hydrogens (tertiary/aromatic N) is 2. The second kappa shape index (κ2) is 4.82. The largest absolute Gasteiger partial charge is 0.443 e. The number of imidazole rings is 1. The first kappa shape index (κ1) is 13.0. The molecule has 0 radical (unpaired) electrons. The molecule has 0 saturated heterocycles. The Bertz CT molecular complexity index is 404. The molecule has 0 aliphatic carbocycles. The highest BCUT2D eigenvalue weighted by Gasteiger charge is 2.18. The van der Waals surface area contributed by atoms with Crippen molar-refractivity contribution in [3.63, 3.8) is 0 Å². The van der Waals surface area contributed by atoms with Gasteiger partial charge in [0, 0.05) is 11.5 Å². The van der Waals surface area contributed by atoms with Crippen molar-refractivity contribution in [1.82, 2.24) is 9.55 Å². The molecule has 0 aliphatic rings. The fraction of sp³-hybridized carbons (Fsp3) is 0.455. The highest BCUT2D eigenvalue weighted by molar-refractivity contribution is 9.09. The van der Waals surface area contributed by atoms with Gasteiger partial charge in [-0.1, -0.05) is 22.5 Å². The van der Waals surface area contributed by atoms with Crippen LogP contribution in [0.15, 0.2) is 19.1 Å². The molecular formula is C11H15BrN2O2. The quantitative estimate of drug-likeness (QED) is 0.785. The summed E-state index contributed by atoms with van der Waals surface area (Å²) in [6.45, 7) is 9.27. The van der Waals surface area contributed by atoms with E-state index in [0.717, 1.165) is 5.57 Å². The van der Waals surface area contributed by atoms with Crippen molar-refractivity contribution in [3.8, 4) is 0 Å². The normalized spacial score (nSPS) is 11.2. The highest BCUT2D eigenvalue weighted by atomic mass is 79.9. The lowest BCUT2D eigenvalue weighted by molar-refractivity contribution is 0.0536. The van der Waals surface area contributed by atoms with Crippen LogP contribution in [0, 0.1) is 0 Å². The maximum absolute atomic E-state index is 11.6. The monoisotopic (exact) mass is 286 g/mol. The lowest BCUT2D eigenvalue weighted by atomic mass is 10.2. The number of hydrogen-bond donors (Lipinski definition) is 0. The van der Waals surface area contributed by atoms with Crippen molar-refractivity contribution >= 4 is 27.6 Å². The maximum atomic E-state index is 11.6. The Kier molecular flexibility index (Phi) is 3.91. The predicted molar refractivity (Wildman–Crippen MR) is 66.7 cm³/mol. The van der Waals surface area contributed by atoms with Gasteiger partial charge in [-0.3, -0.25) is 0 Å². The molecule has 0 amide bonds. The van der Waals surface area contributed by atoms with Crippen LogP contribution in [0.2, 0.25) is 0 Å². The molecule has 1 rings (SSSR count). The van der Waals surface area contributed by atoms with Gasteiger partial charge in [0.25, 0.3) is 0 Å². The summed E-state index contributed by atoms with van der Waals surface area (Å²) in [6.07, 6.45) is 2.60. The Labute approximate surface area is 103 Å². The number of ether oxygens (including phenoxy) is 1. The minimum absolute atomic E-state index is 0.436. The molecule has 88 valence electrons. The van der Waals surface area contributed by atoms with Crippen LogP contribution in [0.5, 0.6) is 0 Å². The minimum Gasteiger partial charge on any atom is -0.443 e. The van der Waals surface area contributed by atoms with E-state index in [4.69, 9.17) is 4.74 Å². The molecule has 1 aromatic heterocycles. The molecule has 1 heterocycles. The second-order valence-electron chi connectivity index (χ2n) is 4.38. The lowest BCUT2D eigenvalue weighted by Crippen LogP contribution is -2.26. The van der Waals surface area contributed by atoms with E-state index in [0.29, 0.717) is 11.0 Å². The summed E-state index contributed by atoms with van der Waals surface area (Å²) in [6, 6.07) is 0. The predicted octanol–water partition coefficient (Wildman–Crippen LogP) is 3.07. The van der Waals surface area contributed by atoms with E-state index in [2.05, 4.69) is 27.5 Å². The third-order valence-corrected chi connectivity index (χ3v) is 2.39. The van der Waals surface area contributed by atoms with Crippen LogP contribution in [0.25, 0.3) is 5.57 Å². The summed E-state index contributed by atoms with van der Waals surface area (Å²) in [4.78, 5) is 15.7. The summed E-state index contributed by atoms with van der Waals surface area (Å²) in [5, 5.41) is 0.623. The van der Waals surface area contributed by atoms with Crippen molar-refractivity contribution in [3.05, 3.63) is 24.8 Å². The Hall–Kier alpha value is -1.10. The van der Waals surface area contributed by atoms with Crippen LogP contribution in [-0.4, -0.2) is 26.6 Å². The molecule has 0 N–H and O–H groups in total. The zero-order chi connectivity index (χ0) is 12.3. The van der Waals surface area contributed by atoms with Gasteiger partial charge >= 0.3 is 6.09 Å². The summed E-state index contributed by atoms with van der Waals surface area (Å²) in [7, 11) is 0. The van der Waals surface area contributed by atoms with E-state index in [-0.39, 0.29) is 0 Å². The van der Waals surface area contributed by atoms with E-state index >= 15 is 0 Å². The van der Waals surface area contributed by atoms with Gasteiger partial charge < -0.3 is 4.74 Å². The van der Waals surface area contributed by atoms with E-state index in [1.807, 2.05) is 20.8 Å². The van der Waals surface area contributed by atoms with Crippen LogP contribution < -0.4 is 0 Å². The smallest absolute Gasteiger partial charge is 0.419 e. The number of allylic oxidation sites excluding steroid dienone is 1. The average Bonchev–Trinajstić information content (AvgIpc) is 2.62. The maximum Gasteiger partial charge on any atom is 0.419 e. The SMILES string of the molecule is C=C(CBr)c1cn(C(=O)OC(C)(C)C)cn1. The average molecular weight is 287 g/mol. The van der Waals surface area contributed by atoms with Gasteiger partial charge in [-0.2, -0.15) is 0 Å². The topological polar surface area (TPSA) is 44.1 Å². The Morgan fingerprint density at radius 3 is 2.75 bits per heavy atom. The highest BCUT2D eigenvalue weighted by Crippen LogP contribution is 2.13. The Balaban J connectivity index is 2.78. The van der Waals surface area contributed by atoms with Gasteiger partial charge in [0.1, 0.15) is 11.9 Å². The molecule has 0 aromatic carbocycles. The van der Waals surface area contributed by atoms with Gasteiger partial charge in [0.05, 0.1) is 5.69 Å². The molecule has 16 heavy (non-hydrogen) atoms. The summed E-state index contributed by atoms with van der Waals surface area (Å²) >= 11 is 3.28. The van der Waals surface area contributed by atoms with Crippen LogP contribution in [-0.2, 0) is 4.74 Å². The zero-order valence-corrected chi connectivity index (χ0v) is 11.2. The summed E-state index contributed by atoms with van der Waals surface area (Å²) < 4.78 is 6.51. The van der Waals surface area contributed by atoms with Crippen LogP contribution >= 0.6 is 15.9 Å². The van der Waals surface area contributed by atoms with Gasteiger partial charge in [-0.15, -0.1) is 0 Å². The van der Waals surface area contributed by atoms with Crippen molar-refractivity contribution in [2.45, 2.75) is 26.4 Å². The molecule has 0 saturated carbocycles. The first-order valence-corrected chi connectivity index (χ1v) is 5.97. The summed E-state index contributed by atoms with van der Waals surface area (Å²) in [5.41, 5.74) is 0.999. The van der Waals surface area contributed by atoms with E-state index in [1.54, 1.807) is 6.20 Å². The van der Waals surface area contributed by atoms with Gasteiger partial charge in [-0.25, -0.2) is 14.3 Å². The molecular weight excluding hydrogens is 272 g/mol. The number of carbonyl (C=O) groups excluding carboxylic acids is 1. The molecule has 0 atom stereocenters. The van der Waals surface area contributed by atoms with Gasteiger partial charge in [-0.05, 0) is 26.3 Å². The van der Waals surface area contributed by atoms with Crippen molar-refractivity contribution < 1.29 is 9.53 Å². The first-order valence-electron chi connectivity index (χ1n) is 4.85. The third-order valence-electron chi connectivity index (χ3n) is 1.71. The van der Waals surface area contributed by atoms with Crippen LogP contribution in [0.3, 0.4) is 0 Å². The summed E-state index contributed by atoms with van der Waals surface area (Å²) in [5.74, 6) is 0. The standard InChI is InChI=1S/C11H15BrN2O2/c1-8(5-12)9-6-14(7-13-9)10(15)16-11(2,3)4/h6-7H,1,5H2,2-4H3. The first-order chi connectivity index (χ1) is 7.33. The number of alkyl halides is 1. The molecule has 0 aliphatic heterocycles. The van der Waals surface area contributed by atoms with Gasteiger partial charge in [0.15, 0.2) is 0 Å². The van der Waals surface area contributed by atoms with E-state index in [9.17, 15) is 4.79 Å². The fourth-order valence-corrected chi connectivity index (χ4v) is 1.28. The minimum atomic E-state index is -0.506. The number of hydrogen-bond acceptors (Lipinski definition) is 3. The third kappa shape index (κ3) is 3.48. The van der Waals surface area contributed by atoms with Crippen LogP contribution in [0.4, 0.5) is 4.79 Å². The van der Waals surface area contributed by atoms with E-state index < -0.39 is 11.7 Å². The van der Waals surface area contributed by atoms with Crippen LogP contribution in [0.1, 0.15) is 26.5 Å². The molecule has 5 heteroatoms. The Morgan fingerprint density at radius 2 is 2.25 bits per heavy atom.